The Bertz CT molecular complexity index is 1080. The minimum Gasteiger partial charge on any atom is -0.363 e. The third-order valence-electron chi connectivity index (χ3n) is 6.75. The number of nitrogens with one attached hydrogen (secondary N) is 1. The molecule has 0 radical (unpaired) electrons. The highest BCUT2D eigenvalue weighted by Gasteiger charge is 2.35. The van der Waals surface area contributed by atoms with Gasteiger partial charge in [-0.3, -0.25) is 9.59 Å². The number of rotatable bonds is 7. The van der Waals surface area contributed by atoms with Gasteiger partial charge in [0.2, 0.25) is 11.9 Å². The number of hydrogen-bond acceptors (Lipinski definition) is 7. The van der Waals surface area contributed by atoms with Gasteiger partial charge in [0.05, 0.1) is 6.54 Å². The molecule has 1 unspecified atom stereocenters. The molecule has 35 heavy (non-hydrogen) atoms. The SMILES string of the molecule is CC(=O)N1CCN(c2nc(NC(C)c3ccc(CN(C)C)cc3)c3c(n2)C(=O)N(C(C)C)C3)CC1. The van der Waals surface area contributed by atoms with E-state index in [9.17, 15) is 9.59 Å². The number of amides is 2. The molecule has 4 rings (SSSR count). The van der Waals surface area contributed by atoms with Crippen LogP contribution in [0.15, 0.2) is 24.3 Å². The van der Waals surface area contributed by atoms with Crippen LogP contribution >= 0.6 is 0 Å². The van der Waals surface area contributed by atoms with E-state index in [-0.39, 0.29) is 23.9 Å². The lowest BCUT2D eigenvalue weighted by Crippen LogP contribution is -2.48. The van der Waals surface area contributed by atoms with Crippen LogP contribution < -0.4 is 10.2 Å². The van der Waals surface area contributed by atoms with Crippen molar-refractivity contribution in [2.75, 3.05) is 50.5 Å². The largest absolute Gasteiger partial charge is 0.363 e. The lowest BCUT2D eigenvalue weighted by Gasteiger charge is -2.34. The van der Waals surface area contributed by atoms with E-state index in [1.807, 2.05) is 23.6 Å². The van der Waals surface area contributed by atoms with Crippen LogP contribution in [0, 0.1) is 0 Å². The maximum atomic E-state index is 13.2. The molecule has 9 nitrogen and oxygen atoms in total. The van der Waals surface area contributed by atoms with E-state index in [2.05, 4.69) is 60.4 Å². The van der Waals surface area contributed by atoms with E-state index in [4.69, 9.17) is 9.97 Å². The summed E-state index contributed by atoms with van der Waals surface area (Å²) in [5.41, 5.74) is 3.75. The molecule has 3 heterocycles. The van der Waals surface area contributed by atoms with Crippen molar-refractivity contribution in [3.8, 4) is 0 Å². The third-order valence-corrected chi connectivity index (χ3v) is 6.75. The number of piperazine rings is 1. The van der Waals surface area contributed by atoms with Gasteiger partial charge in [-0.15, -0.1) is 0 Å². The number of carbonyl (C=O) groups is 2. The fraction of sp³-hybridized carbons (Fsp3) is 0.538. The summed E-state index contributed by atoms with van der Waals surface area (Å²) in [6, 6.07) is 8.68. The number of anilines is 2. The second-order valence-electron chi connectivity index (χ2n) is 10.1. The quantitative estimate of drug-likeness (QED) is 0.654. The summed E-state index contributed by atoms with van der Waals surface area (Å²) >= 11 is 0. The third kappa shape index (κ3) is 5.40. The molecule has 2 aliphatic rings. The number of fused-ring (bicyclic) bond motifs is 1. The molecule has 188 valence electrons. The van der Waals surface area contributed by atoms with Gasteiger partial charge in [-0.25, -0.2) is 4.98 Å². The Morgan fingerprint density at radius 3 is 2.29 bits per heavy atom. The van der Waals surface area contributed by atoms with Crippen LogP contribution in [-0.4, -0.2) is 82.8 Å². The molecule has 1 aromatic carbocycles. The molecule has 9 heteroatoms. The van der Waals surface area contributed by atoms with Gasteiger partial charge in [-0.1, -0.05) is 24.3 Å². The topological polar surface area (TPSA) is 84.9 Å². The first-order valence-corrected chi connectivity index (χ1v) is 12.4. The molecule has 1 saturated heterocycles. The van der Waals surface area contributed by atoms with Crippen molar-refractivity contribution in [3.05, 3.63) is 46.6 Å². The van der Waals surface area contributed by atoms with Crippen LogP contribution in [0.3, 0.4) is 0 Å². The standard InChI is InChI=1S/C26H37N7O2/c1-17(2)33-16-22-23(25(33)35)28-26(32-13-11-31(12-14-32)19(4)34)29-24(22)27-18(3)21-9-7-20(8-10-21)15-30(5)6/h7-10,17-18H,11-16H2,1-6H3,(H,27,28,29). The molecule has 0 bridgehead atoms. The molecule has 2 amide bonds. The first kappa shape index (κ1) is 24.9. The molecule has 1 atom stereocenters. The summed E-state index contributed by atoms with van der Waals surface area (Å²) in [6.45, 7) is 11.7. The first-order valence-electron chi connectivity index (χ1n) is 12.4. The van der Waals surface area contributed by atoms with Gasteiger partial charge in [0.15, 0.2) is 0 Å². The summed E-state index contributed by atoms with van der Waals surface area (Å²) in [6.07, 6.45) is 0. The van der Waals surface area contributed by atoms with Gasteiger partial charge in [0.25, 0.3) is 5.91 Å². The number of carbonyl (C=O) groups excluding carboxylic acids is 2. The molecule has 0 spiro atoms. The molecule has 2 aliphatic heterocycles. The highest BCUT2D eigenvalue weighted by atomic mass is 16.2. The van der Waals surface area contributed by atoms with E-state index in [1.165, 1.54) is 5.56 Å². The van der Waals surface area contributed by atoms with Gasteiger partial charge < -0.3 is 24.9 Å². The first-order chi connectivity index (χ1) is 16.6. The predicted molar refractivity (Wildman–Crippen MR) is 137 cm³/mol. The Morgan fingerprint density at radius 1 is 1.06 bits per heavy atom. The Hall–Kier alpha value is -3.20. The zero-order valence-electron chi connectivity index (χ0n) is 21.7. The minimum absolute atomic E-state index is 0.00742. The van der Waals surface area contributed by atoms with Crippen LogP contribution in [0.4, 0.5) is 11.8 Å². The van der Waals surface area contributed by atoms with Gasteiger partial charge in [0, 0.05) is 57.3 Å². The van der Waals surface area contributed by atoms with Crippen LogP contribution in [0.2, 0.25) is 0 Å². The Balaban J connectivity index is 1.61. The fourth-order valence-electron chi connectivity index (χ4n) is 4.64. The molecule has 1 aromatic heterocycles. The second kappa shape index (κ2) is 10.2. The molecule has 1 fully saturated rings. The van der Waals surface area contributed by atoms with Crippen molar-refractivity contribution >= 4 is 23.6 Å². The van der Waals surface area contributed by atoms with Crippen LogP contribution in [0.1, 0.15) is 60.9 Å². The molecule has 2 aromatic rings. The van der Waals surface area contributed by atoms with Gasteiger partial charge in [0.1, 0.15) is 11.5 Å². The Kier molecular flexibility index (Phi) is 7.25. The zero-order chi connectivity index (χ0) is 25.3. The Morgan fingerprint density at radius 2 is 1.71 bits per heavy atom. The van der Waals surface area contributed by atoms with E-state index in [0.29, 0.717) is 50.2 Å². The molecule has 0 aliphatic carbocycles. The highest BCUT2D eigenvalue weighted by Crippen LogP contribution is 2.32. The van der Waals surface area contributed by atoms with E-state index >= 15 is 0 Å². The van der Waals surface area contributed by atoms with Gasteiger partial charge >= 0.3 is 0 Å². The van der Waals surface area contributed by atoms with Crippen molar-refractivity contribution in [1.29, 1.82) is 0 Å². The van der Waals surface area contributed by atoms with Crippen LogP contribution in [0.5, 0.6) is 0 Å². The molecule has 1 N–H and O–H groups in total. The number of benzene rings is 1. The van der Waals surface area contributed by atoms with Crippen molar-refractivity contribution in [2.45, 2.75) is 52.9 Å². The summed E-state index contributed by atoms with van der Waals surface area (Å²) in [7, 11) is 4.13. The number of nitrogens with zero attached hydrogens (tertiary/aromatic N) is 6. The number of hydrogen-bond donors (Lipinski definition) is 1. The monoisotopic (exact) mass is 479 g/mol. The number of aromatic nitrogens is 2. The zero-order valence-corrected chi connectivity index (χ0v) is 21.7. The predicted octanol–water partition coefficient (Wildman–Crippen LogP) is 2.74. The van der Waals surface area contributed by atoms with E-state index < -0.39 is 0 Å². The van der Waals surface area contributed by atoms with Crippen molar-refractivity contribution in [3.63, 3.8) is 0 Å². The van der Waals surface area contributed by atoms with Crippen molar-refractivity contribution < 1.29 is 9.59 Å². The van der Waals surface area contributed by atoms with Crippen molar-refractivity contribution in [1.82, 2.24) is 24.7 Å². The molecule has 0 saturated carbocycles. The lowest BCUT2D eigenvalue weighted by molar-refractivity contribution is -0.129. The second-order valence-corrected chi connectivity index (χ2v) is 10.1. The average Bonchev–Trinajstić information content (AvgIpc) is 3.16. The van der Waals surface area contributed by atoms with E-state index in [1.54, 1.807) is 6.92 Å². The highest BCUT2D eigenvalue weighted by molar-refractivity contribution is 5.98. The van der Waals surface area contributed by atoms with E-state index in [0.717, 1.165) is 17.7 Å². The smallest absolute Gasteiger partial charge is 0.273 e. The van der Waals surface area contributed by atoms with Crippen LogP contribution in [-0.2, 0) is 17.9 Å². The summed E-state index contributed by atoms with van der Waals surface area (Å²) < 4.78 is 0. The maximum absolute atomic E-state index is 13.2. The fourth-order valence-corrected chi connectivity index (χ4v) is 4.64. The summed E-state index contributed by atoms with van der Waals surface area (Å²) in [4.78, 5) is 42.4. The minimum atomic E-state index is -0.0511. The summed E-state index contributed by atoms with van der Waals surface area (Å²) in [5, 5.41) is 3.57. The average molecular weight is 480 g/mol. The molecular weight excluding hydrogens is 442 g/mol. The van der Waals surface area contributed by atoms with Crippen molar-refractivity contribution in [2.24, 2.45) is 0 Å². The van der Waals surface area contributed by atoms with Gasteiger partial charge in [-0.05, 0) is 46.0 Å². The normalized spacial score (nSPS) is 16.8. The lowest BCUT2D eigenvalue weighted by atomic mass is 10.1. The Labute approximate surface area is 208 Å². The molecular formula is C26H37N7O2. The van der Waals surface area contributed by atoms with Crippen LogP contribution in [0.25, 0.3) is 0 Å². The van der Waals surface area contributed by atoms with Gasteiger partial charge in [-0.2, -0.15) is 4.98 Å². The summed E-state index contributed by atoms with van der Waals surface area (Å²) in [5.74, 6) is 1.28. The maximum Gasteiger partial charge on any atom is 0.273 e.